The summed E-state index contributed by atoms with van der Waals surface area (Å²) in [6.07, 6.45) is -1.87. The van der Waals surface area contributed by atoms with Crippen molar-refractivity contribution in [1.82, 2.24) is 63.8 Å². The molecule has 4 aliphatic heterocycles. The largest absolute Gasteiger partial charge is 0.508 e. The maximum Gasteiger partial charge on any atom is 0.309 e. The first-order valence-electron chi connectivity index (χ1n) is 35.5. The van der Waals surface area contributed by atoms with Gasteiger partial charge in [0.25, 0.3) is 0 Å². The highest BCUT2D eigenvalue weighted by Crippen LogP contribution is 2.34. The second-order valence-electron chi connectivity index (χ2n) is 27.4. The summed E-state index contributed by atoms with van der Waals surface area (Å²) in [7, 11) is 1.97. The minimum atomic E-state index is -1.75. The number of benzene rings is 3. The molecule has 0 spiro atoms. The van der Waals surface area contributed by atoms with E-state index in [0.717, 1.165) is 38.3 Å². The van der Waals surface area contributed by atoms with Crippen LogP contribution in [0.25, 0.3) is 5.57 Å². The van der Waals surface area contributed by atoms with E-state index in [1.807, 2.05) is 30.3 Å². The van der Waals surface area contributed by atoms with Gasteiger partial charge in [-0.05, 0) is 112 Å². The zero-order valence-electron chi connectivity index (χ0n) is 58.5. The summed E-state index contributed by atoms with van der Waals surface area (Å²) in [6, 6.07) is 15.2. The molecule has 5 aliphatic rings. The van der Waals surface area contributed by atoms with Gasteiger partial charge in [-0.3, -0.25) is 47.9 Å². The van der Waals surface area contributed by atoms with Gasteiger partial charge >= 0.3 is 5.97 Å². The van der Waals surface area contributed by atoms with Gasteiger partial charge in [0, 0.05) is 128 Å². The van der Waals surface area contributed by atoms with Gasteiger partial charge in [0.1, 0.15) is 17.8 Å². The molecular formula is C72H106N14O14S2. The first kappa shape index (κ1) is 82.1. The third kappa shape index (κ3) is 26.8. The lowest BCUT2D eigenvalue weighted by molar-refractivity contribution is -0.148. The summed E-state index contributed by atoms with van der Waals surface area (Å²) < 4.78 is 0. The molecule has 4 saturated heterocycles. The number of carboxylic acids is 1. The van der Waals surface area contributed by atoms with Gasteiger partial charge in [0.2, 0.25) is 35.4 Å². The number of unbranched alkanes of at least 4 members (excludes halogenated alkanes) is 1. The molecule has 8 rings (SSSR count). The molecule has 3 aromatic rings. The van der Waals surface area contributed by atoms with E-state index in [4.69, 9.17) is 11.5 Å². The molecule has 10 atom stereocenters. The monoisotopic (exact) mass is 1450 g/mol. The number of aromatic hydroxyl groups is 1. The van der Waals surface area contributed by atoms with E-state index >= 15 is 19.2 Å². The van der Waals surface area contributed by atoms with Gasteiger partial charge in [-0.1, -0.05) is 94.4 Å². The molecule has 30 heteroatoms. The summed E-state index contributed by atoms with van der Waals surface area (Å²) in [5.74, 6) is -12.4. The highest BCUT2D eigenvalue weighted by atomic mass is 33.1. The number of ketones is 3. The van der Waals surface area contributed by atoms with Crippen molar-refractivity contribution in [3.8, 4) is 5.75 Å². The van der Waals surface area contributed by atoms with Crippen molar-refractivity contribution in [2.24, 2.45) is 29.2 Å². The second-order valence-corrected chi connectivity index (χ2v) is 30.0. The maximum atomic E-state index is 15.4. The maximum absolute atomic E-state index is 15.4. The molecule has 4 fully saturated rings. The SMILES string of the molecule is CC(O)[C@H](CC(=O)C1CSSC[C@H](CC(=O)[C@@H](Cc2ccccc2)NC(=O)CCCC(=O)NC23CNCCNCC(N)(CNCCNC2)CNCCNC3)C(=O)N[C@@H](Cc2ccc(O)cc2)C(=O)C[C@H](CC2=CCc3ccccc32)C(=O)N[C@@H](CCCCN)C(=O)N[C@@H](C(C)O)C(=O)N1)C(=O)O. The van der Waals surface area contributed by atoms with Crippen molar-refractivity contribution < 1.29 is 68.4 Å². The zero-order valence-corrected chi connectivity index (χ0v) is 60.1. The molecule has 20 N–H and O–H groups in total. The molecule has 3 aromatic carbocycles. The number of aliphatic carboxylic acids is 1. The third-order valence-corrected chi connectivity index (χ3v) is 21.3. The fourth-order valence-corrected chi connectivity index (χ4v) is 15.4. The standard InChI is InChI=1S/C72H106N14O14S2/c1-45(87)55(70(99)100)36-62(92)59-38-102-101-37-52(35-61(91)57(31-47-11-4-3-5-12-47)81-63(93)16-10-17-64(94)86-72-42-78-28-25-75-39-71(74,40-76-26-29-79-43-72)41-77-27-30-80-44-72)67(96)83-58(32-48-18-22-53(89)23-19-48)60(90)34-51(33-50-21-20-49-13-6-7-14-54(49)50)66(95)82-56(15-8-9-24-73)68(97)85-65(46(2)88)69(98)84-59/h3-7,11-14,18-19,21-23,45-46,51-52,55-59,65,75-80,87-89H,8-10,15-17,20,24-44,73-74H2,1-2H3,(H,81,93)(H,82,95)(H,83,96)(H,84,98)(H,85,97)(H,86,94)(H,99,100)/t45?,46?,51-,52-,55-,56-,57+,58-,59?,65-,71?,72?/m0/s1. The van der Waals surface area contributed by atoms with E-state index in [9.17, 15) is 49.2 Å². The van der Waals surface area contributed by atoms with E-state index in [1.165, 1.54) is 26.0 Å². The van der Waals surface area contributed by atoms with Crippen LogP contribution in [-0.4, -0.2) is 229 Å². The predicted octanol–water partition coefficient (Wildman–Crippen LogP) is -0.985. The number of fused-ring (bicyclic) bond motifs is 16. The van der Waals surface area contributed by atoms with Crippen molar-refractivity contribution in [2.45, 2.75) is 151 Å². The Morgan fingerprint density at radius 2 is 1.23 bits per heavy atom. The summed E-state index contributed by atoms with van der Waals surface area (Å²) >= 11 is 0. The van der Waals surface area contributed by atoms with Crippen molar-refractivity contribution in [1.29, 1.82) is 0 Å². The number of phenolic OH excluding ortho intramolecular Hbond substituents is 1. The fraction of sp³-hybridized carbons (Fsp3) is 0.583. The lowest BCUT2D eigenvalue weighted by Gasteiger charge is -2.37. The normalized spacial score (nSPS) is 25.5. The van der Waals surface area contributed by atoms with Crippen LogP contribution in [0.3, 0.4) is 0 Å². The predicted molar refractivity (Wildman–Crippen MR) is 391 cm³/mol. The average Bonchev–Trinajstić information content (AvgIpc) is 1.59. The molecule has 1 aliphatic carbocycles. The topological polar surface area (TPSA) is 448 Å². The highest BCUT2D eigenvalue weighted by Gasteiger charge is 2.39. The zero-order chi connectivity index (χ0) is 73.6. The van der Waals surface area contributed by atoms with E-state index in [-0.39, 0.29) is 74.7 Å². The smallest absolute Gasteiger partial charge is 0.309 e. The van der Waals surface area contributed by atoms with Crippen LogP contribution in [0.5, 0.6) is 5.75 Å². The number of phenols is 1. The van der Waals surface area contributed by atoms with Crippen LogP contribution in [0.1, 0.15) is 100 Å². The van der Waals surface area contributed by atoms with Gasteiger partial charge < -0.3 is 95.7 Å². The number of aliphatic hydroxyl groups is 2. The van der Waals surface area contributed by atoms with Crippen LogP contribution in [0.2, 0.25) is 0 Å². The molecule has 2 bridgehead atoms. The van der Waals surface area contributed by atoms with Gasteiger partial charge in [-0.2, -0.15) is 0 Å². The molecular weight excluding hydrogens is 1350 g/mol. The van der Waals surface area contributed by atoms with E-state index in [2.05, 4.69) is 63.8 Å². The Bertz CT molecular complexity index is 3270. The van der Waals surface area contributed by atoms with E-state index in [0.29, 0.717) is 109 Å². The number of nitrogens with one attached hydrogen (secondary N) is 12. The van der Waals surface area contributed by atoms with Crippen molar-refractivity contribution in [3.05, 3.63) is 107 Å². The Labute approximate surface area is 604 Å². The number of aliphatic hydroxyl groups excluding tert-OH is 2. The first-order valence-corrected chi connectivity index (χ1v) is 38.0. The molecule has 4 heterocycles. The van der Waals surface area contributed by atoms with Crippen LogP contribution < -0.4 is 75.3 Å². The van der Waals surface area contributed by atoms with Crippen LogP contribution in [0.15, 0.2) is 84.9 Å². The Hall–Kier alpha value is -7.20. The van der Waals surface area contributed by atoms with E-state index in [1.54, 1.807) is 42.5 Å². The van der Waals surface area contributed by atoms with Crippen molar-refractivity contribution in [3.63, 3.8) is 0 Å². The quantitative estimate of drug-likeness (QED) is 0.0358. The van der Waals surface area contributed by atoms with Crippen LogP contribution in [0.4, 0.5) is 0 Å². The number of Topliss-reactive ketones (excluding diaryl/α,β-unsaturated/α-hetero) is 3. The number of hydrogen-bond donors (Lipinski definition) is 18. The molecule has 560 valence electrons. The van der Waals surface area contributed by atoms with Gasteiger partial charge in [-0.25, -0.2) is 0 Å². The minimum absolute atomic E-state index is 0.00309. The Morgan fingerprint density at radius 1 is 0.637 bits per heavy atom. The molecule has 102 heavy (non-hydrogen) atoms. The number of carbonyl (C=O) groups excluding carboxylic acids is 9. The summed E-state index contributed by atoms with van der Waals surface area (Å²) in [6.45, 7) is 9.50. The molecule has 0 saturated carbocycles. The van der Waals surface area contributed by atoms with Gasteiger partial charge in [0.15, 0.2) is 17.3 Å². The second kappa shape index (κ2) is 41.9. The van der Waals surface area contributed by atoms with E-state index < -0.39 is 143 Å². The van der Waals surface area contributed by atoms with Crippen molar-refractivity contribution >= 4 is 85.9 Å². The Balaban J connectivity index is 1.19. The number of carbonyl (C=O) groups is 10. The number of allylic oxidation sites excluding steroid dienone is 2. The lowest BCUT2D eigenvalue weighted by atomic mass is 9.87. The molecule has 0 aromatic heterocycles. The highest BCUT2D eigenvalue weighted by molar-refractivity contribution is 8.76. The lowest BCUT2D eigenvalue weighted by Crippen LogP contribution is -2.67. The fourth-order valence-electron chi connectivity index (χ4n) is 12.9. The molecule has 0 radical (unpaired) electrons. The van der Waals surface area contributed by atoms with Crippen LogP contribution in [-0.2, 0) is 67.2 Å². The summed E-state index contributed by atoms with van der Waals surface area (Å²) in [4.78, 5) is 145. The number of rotatable bonds is 25. The molecule has 3 unspecified atom stereocenters. The number of amides is 6. The Morgan fingerprint density at radius 3 is 1.84 bits per heavy atom. The van der Waals surface area contributed by atoms with Gasteiger partial charge in [-0.15, -0.1) is 0 Å². The van der Waals surface area contributed by atoms with Crippen LogP contribution >= 0.6 is 21.6 Å². The minimum Gasteiger partial charge on any atom is -0.508 e. The third-order valence-electron chi connectivity index (χ3n) is 18.8. The summed E-state index contributed by atoms with van der Waals surface area (Å²) in [5.41, 5.74) is 15.2. The number of hydrogen-bond acceptors (Lipinski definition) is 23. The van der Waals surface area contributed by atoms with Crippen molar-refractivity contribution in [2.75, 3.05) is 96.6 Å². The Kier molecular flexibility index (Phi) is 33.7. The summed E-state index contributed by atoms with van der Waals surface area (Å²) in [5, 5.41) is 79.9. The molecule has 28 nitrogen and oxygen atoms in total. The van der Waals surface area contributed by atoms with Crippen LogP contribution in [0, 0.1) is 17.8 Å². The van der Waals surface area contributed by atoms with Gasteiger partial charge in [0.05, 0.1) is 53.2 Å². The average molecular weight is 1460 g/mol. The number of nitrogens with two attached hydrogens (primary N) is 2. The molecule has 6 amide bonds. The first-order chi connectivity index (χ1) is 48.9. The number of carboxylic acid groups (broad SMARTS) is 1.